The predicted octanol–water partition coefficient (Wildman–Crippen LogP) is 1.03. The molecule has 0 amide bonds. The Balaban J connectivity index is 1.63. The minimum Gasteiger partial charge on any atom is -0.488 e. The molecule has 1 N–H and O–H groups in total. The molecule has 0 aliphatic carbocycles. The van der Waals surface area contributed by atoms with Crippen molar-refractivity contribution >= 4 is 0 Å². The smallest absolute Gasteiger partial charge is 0.130 e. The molecule has 92 valence electrons. The van der Waals surface area contributed by atoms with E-state index in [1.807, 2.05) is 6.07 Å². The Morgan fingerprint density at radius 3 is 2.94 bits per heavy atom. The zero-order valence-corrected chi connectivity index (χ0v) is 9.79. The molecule has 2 aliphatic rings. The predicted molar refractivity (Wildman–Crippen MR) is 63.8 cm³/mol. The molecule has 1 aromatic rings. The fourth-order valence-electron chi connectivity index (χ4n) is 2.58. The highest BCUT2D eigenvalue weighted by Crippen LogP contribution is 2.30. The van der Waals surface area contributed by atoms with Gasteiger partial charge in [-0.3, -0.25) is 4.90 Å². The molecule has 1 unspecified atom stereocenters. The third-order valence-corrected chi connectivity index (χ3v) is 3.47. The van der Waals surface area contributed by atoms with Gasteiger partial charge in [0.05, 0.1) is 0 Å². The van der Waals surface area contributed by atoms with Crippen LogP contribution < -0.4 is 10.1 Å². The molecule has 0 bridgehead atoms. The van der Waals surface area contributed by atoms with E-state index in [-0.39, 0.29) is 11.9 Å². The van der Waals surface area contributed by atoms with Crippen LogP contribution in [0.1, 0.15) is 5.56 Å². The maximum Gasteiger partial charge on any atom is 0.130 e. The van der Waals surface area contributed by atoms with Crippen molar-refractivity contribution in [3.05, 3.63) is 29.6 Å². The summed E-state index contributed by atoms with van der Waals surface area (Å²) in [6.45, 7) is 5.08. The summed E-state index contributed by atoms with van der Waals surface area (Å²) in [4.78, 5) is 2.38. The van der Waals surface area contributed by atoms with E-state index >= 15 is 0 Å². The van der Waals surface area contributed by atoms with Crippen molar-refractivity contribution in [2.24, 2.45) is 0 Å². The molecule has 4 heteroatoms. The van der Waals surface area contributed by atoms with Gasteiger partial charge in [0.1, 0.15) is 17.7 Å². The van der Waals surface area contributed by atoms with Gasteiger partial charge in [-0.1, -0.05) is 6.07 Å². The number of halogens is 1. The first kappa shape index (κ1) is 11.0. The summed E-state index contributed by atoms with van der Waals surface area (Å²) < 4.78 is 19.3. The lowest BCUT2D eigenvalue weighted by Gasteiger charge is -2.29. The second-order valence-electron chi connectivity index (χ2n) is 4.71. The molecule has 1 saturated heterocycles. The highest BCUT2D eigenvalue weighted by molar-refractivity contribution is 5.38. The Hall–Kier alpha value is -1.13. The van der Waals surface area contributed by atoms with E-state index in [4.69, 9.17) is 4.74 Å². The second-order valence-corrected chi connectivity index (χ2v) is 4.71. The number of hydrogen-bond acceptors (Lipinski definition) is 3. The lowest BCUT2D eigenvalue weighted by molar-refractivity contribution is 0.139. The number of fused-ring (bicyclic) bond motifs is 1. The molecule has 17 heavy (non-hydrogen) atoms. The molecule has 2 heterocycles. The molecule has 1 atom stereocenters. The van der Waals surface area contributed by atoms with Crippen molar-refractivity contribution in [3.8, 4) is 5.75 Å². The van der Waals surface area contributed by atoms with Crippen molar-refractivity contribution in [1.82, 2.24) is 10.2 Å². The van der Waals surface area contributed by atoms with E-state index in [9.17, 15) is 4.39 Å². The van der Waals surface area contributed by atoms with Crippen LogP contribution in [0.2, 0.25) is 0 Å². The van der Waals surface area contributed by atoms with Crippen molar-refractivity contribution in [2.45, 2.75) is 12.5 Å². The normalized spacial score (nSPS) is 24.4. The topological polar surface area (TPSA) is 24.5 Å². The third-order valence-electron chi connectivity index (χ3n) is 3.47. The van der Waals surface area contributed by atoms with Gasteiger partial charge in [0.2, 0.25) is 0 Å². The van der Waals surface area contributed by atoms with E-state index in [2.05, 4.69) is 10.2 Å². The number of nitrogens with zero attached hydrogens (tertiary/aromatic N) is 1. The standard InChI is InChI=1S/C13H17FN2O/c14-12-2-1-3-13-11(12)8-10(17-13)9-16-6-4-15-5-7-16/h1-3,10,15H,4-9H2. The van der Waals surface area contributed by atoms with Gasteiger partial charge in [-0.15, -0.1) is 0 Å². The van der Waals surface area contributed by atoms with Gasteiger partial charge in [0.15, 0.2) is 0 Å². The van der Waals surface area contributed by atoms with Gasteiger partial charge in [-0.25, -0.2) is 4.39 Å². The third kappa shape index (κ3) is 2.28. The quantitative estimate of drug-likeness (QED) is 0.830. The van der Waals surface area contributed by atoms with Crippen molar-refractivity contribution in [3.63, 3.8) is 0 Å². The van der Waals surface area contributed by atoms with Crippen LogP contribution in [0.25, 0.3) is 0 Å². The molecule has 1 fully saturated rings. The summed E-state index contributed by atoms with van der Waals surface area (Å²) in [7, 11) is 0. The number of piperazine rings is 1. The number of rotatable bonds is 2. The minimum absolute atomic E-state index is 0.111. The lowest BCUT2D eigenvalue weighted by Crippen LogP contribution is -2.47. The Kier molecular flexibility index (Phi) is 2.99. The lowest BCUT2D eigenvalue weighted by atomic mass is 10.1. The number of ether oxygens (including phenoxy) is 1. The molecule has 2 aliphatic heterocycles. The zero-order chi connectivity index (χ0) is 11.7. The van der Waals surface area contributed by atoms with Gasteiger partial charge in [0.25, 0.3) is 0 Å². The van der Waals surface area contributed by atoms with Crippen molar-refractivity contribution in [1.29, 1.82) is 0 Å². The maximum absolute atomic E-state index is 13.5. The molecular weight excluding hydrogens is 219 g/mol. The fourth-order valence-corrected chi connectivity index (χ4v) is 2.58. The first-order valence-corrected chi connectivity index (χ1v) is 6.20. The molecule has 3 rings (SSSR count). The Bertz CT molecular complexity index is 404. The molecule has 0 radical (unpaired) electrons. The molecule has 0 aromatic heterocycles. The highest BCUT2D eigenvalue weighted by Gasteiger charge is 2.27. The van der Waals surface area contributed by atoms with E-state index < -0.39 is 0 Å². The van der Waals surface area contributed by atoms with E-state index in [1.165, 1.54) is 6.07 Å². The first-order chi connectivity index (χ1) is 8.33. The average Bonchev–Trinajstić information content (AvgIpc) is 2.74. The van der Waals surface area contributed by atoms with Crippen LogP contribution in [0.5, 0.6) is 5.75 Å². The Morgan fingerprint density at radius 1 is 1.35 bits per heavy atom. The van der Waals surface area contributed by atoms with E-state index in [0.717, 1.165) is 44.0 Å². The summed E-state index contributed by atoms with van der Waals surface area (Å²) in [6.07, 6.45) is 0.811. The van der Waals surface area contributed by atoms with Gasteiger partial charge < -0.3 is 10.1 Å². The summed E-state index contributed by atoms with van der Waals surface area (Å²) in [6, 6.07) is 5.08. The zero-order valence-electron chi connectivity index (χ0n) is 9.79. The van der Waals surface area contributed by atoms with Gasteiger partial charge in [-0.05, 0) is 12.1 Å². The van der Waals surface area contributed by atoms with Crippen LogP contribution >= 0.6 is 0 Å². The van der Waals surface area contributed by atoms with Gasteiger partial charge in [-0.2, -0.15) is 0 Å². The number of nitrogens with one attached hydrogen (secondary N) is 1. The molecular formula is C13H17FN2O. The van der Waals surface area contributed by atoms with E-state index in [0.29, 0.717) is 6.42 Å². The molecule has 1 aromatic carbocycles. The summed E-state index contributed by atoms with van der Waals surface area (Å²) in [5, 5.41) is 3.32. The summed E-state index contributed by atoms with van der Waals surface area (Å²) in [5.41, 5.74) is 0.743. The van der Waals surface area contributed by atoms with Crippen LogP contribution in [0.15, 0.2) is 18.2 Å². The van der Waals surface area contributed by atoms with Crippen molar-refractivity contribution < 1.29 is 9.13 Å². The monoisotopic (exact) mass is 236 g/mol. The molecule has 3 nitrogen and oxygen atoms in total. The van der Waals surface area contributed by atoms with Crippen LogP contribution in [0, 0.1) is 5.82 Å². The van der Waals surface area contributed by atoms with Crippen LogP contribution in [-0.4, -0.2) is 43.7 Å². The highest BCUT2D eigenvalue weighted by atomic mass is 19.1. The first-order valence-electron chi connectivity index (χ1n) is 6.20. The van der Waals surface area contributed by atoms with Gasteiger partial charge in [0, 0.05) is 44.7 Å². The summed E-state index contributed by atoms with van der Waals surface area (Å²) >= 11 is 0. The van der Waals surface area contributed by atoms with Crippen LogP contribution in [-0.2, 0) is 6.42 Å². The average molecular weight is 236 g/mol. The number of hydrogen-bond donors (Lipinski definition) is 1. The maximum atomic E-state index is 13.5. The fraction of sp³-hybridized carbons (Fsp3) is 0.538. The van der Waals surface area contributed by atoms with E-state index in [1.54, 1.807) is 6.07 Å². The summed E-state index contributed by atoms with van der Waals surface area (Å²) in [5.74, 6) is 0.593. The minimum atomic E-state index is -0.134. The molecule has 0 spiro atoms. The number of benzene rings is 1. The SMILES string of the molecule is Fc1cccc2c1CC(CN1CCNCC1)O2. The van der Waals surface area contributed by atoms with Crippen LogP contribution in [0.3, 0.4) is 0 Å². The van der Waals surface area contributed by atoms with Crippen molar-refractivity contribution in [2.75, 3.05) is 32.7 Å². The van der Waals surface area contributed by atoms with Crippen LogP contribution in [0.4, 0.5) is 4.39 Å². The second kappa shape index (κ2) is 4.63. The Morgan fingerprint density at radius 2 is 2.18 bits per heavy atom. The Labute approximate surface area is 101 Å². The largest absolute Gasteiger partial charge is 0.488 e. The van der Waals surface area contributed by atoms with Gasteiger partial charge >= 0.3 is 0 Å². The molecule has 0 saturated carbocycles.